The van der Waals surface area contributed by atoms with Gasteiger partial charge < -0.3 is 22.1 Å². The molecule has 2 atom stereocenters. The second kappa shape index (κ2) is 17.2. The van der Waals surface area contributed by atoms with Gasteiger partial charge in [-0.1, -0.05) is 103 Å². The zero-order valence-electron chi connectivity index (χ0n) is 27.8. The van der Waals surface area contributed by atoms with Crippen LogP contribution in [0.5, 0.6) is 0 Å². The molecule has 0 aliphatic heterocycles. The van der Waals surface area contributed by atoms with Crippen molar-refractivity contribution in [2.24, 2.45) is 28.1 Å². The quantitative estimate of drug-likeness (QED) is 0.0653. The minimum Gasteiger partial charge on any atom is -0.370 e. The summed E-state index contributed by atoms with van der Waals surface area (Å²) in [4.78, 5) is 47.0. The maximum absolute atomic E-state index is 14.2. The first-order valence-electron chi connectivity index (χ1n) is 16.9. The topological polar surface area (TPSA) is 145 Å². The van der Waals surface area contributed by atoms with E-state index in [1.54, 1.807) is 4.90 Å². The third-order valence-corrected chi connectivity index (χ3v) is 8.92. The van der Waals surface area contributed by atoms with Crippen LogP contribution in [0.15, 0.2) is 120 Å². The largest absolute Gasteiger partial charge is 0.370 e. The van der Waals surface area contributed by atoms with Crippen LogP contribution in [-0.2, 0) is 22.4 Å². The van der Waals surface area contributed by atoms with Gasteiger partial charge in [0.15, 0.2) is 11.7 Å². The van der Waals surface area contributed by atoms with Gasteiger partial charge in [-0.25, -0.2) is 0 Å². The number of benzene rings is 5. The Balaban J connectivity index is 1.37. The highest BCUT2D eigenvalue weighted by atomic mass is 16.2. The van der Waals surface area contributed by atoms with E-state index in [4.69, 9.17) is 17.2 Å². The van der Waals surface area contributed by atoms with Crippen LogP contribution in [-0.4, -0.2) is 54.0 Å². The Morgan fingerprint density at radius 3 is 2.22 bits per heavy atom. The van der Waals surface area contributed by atoms with Crippen molar-refractivity contribution in [2.45, 2.75) is 44.6 Å². The van der Waals surface area contributed by atoms with E-state index in [-0.39, 0.29) is 48.9 Å². The van der Waals surface area contributed by atoms with Crippen LogP contribution in [0.2, 0.25) is 0 Å². The summed E-state index contributed by atoms with van der Waals surface area (Å²) in [6, 6.07) is 36.9. The van der Waals surface area contributed by atoms with Crippen molar-refractivity contribution in [3.8, 4) is 0 Å². The number of rotatable bonds is 17. The maximum Gasteiger partial charge on any atom is 0.254 e. The average Bonchev–Trinajstić information content (AvgIpc) is 3.11. The summed E-state index contributed by atoms with van der Waals surface area (Å²) in [6.07, 6.45) is 2.60. The molecule has 0 fully saturated rings. The van der Waals surface area contributed by atoms with Crippen LogP contribution in [0.3, 0.4) is 0 Å². The molecule has 5 aromatic rings. The lowest BCUT2D eigenvalue weighted by molar-refractivity contribution is -0.121. The summed E-state index contributed by atoms with van der Waals surface area (Å²) in [7, 11) is 0. The number of ketones is 2. The number of carbonyl (C=O) groups is 3. The number of amides is 1. The maximum atomic E-state index is 14.2. The highest BCUT2D eigenvalue weighted by Gasteiger charge is 2.26. The lowest BCUT2D eigenvalue weighted by Crippen LogP contribution is -2.41. The first kappa shape index (κ1) is 35.0. The molecule has 0 bridgehead atoms. The predicted molar refractivity (Wildman–Crippen MR) is 198 cm³/mol. The minimum atomic E-state index is -0.681. The van der Waals surface area contributed by atoms with Gasteiger partial charge in [-0.2, -0.15) is 0 Å². The summed E-state index contributed by atoms with van der Waals surface area (Å²) in [6.45, 7) is 0.569. The smallest absolute Gasteiger partial charge is 0.254 e. The average molecular weight is 656 g/mol. The predicted octanol–water partition coefficient (Wildman–Crippen LogP) is 5.84. The van der Waals surface area contributed by atoms with Crippen LogP contribution in [0.25, 0.3) is 21.5 Å². The van der Waals surface area contributed by atoms with Crippen molar-refractivity contribution in [2.75, 3.05) is 19.6 Å². The van der Waals surface area contributed by atoms with E-state index in [0.717, 1.165) is 32.7 Å². The van der Waals surface area contributed by atoms with E-state index in [9.17, 15) is 14.4 Å². The normalized spacial score (nSPS) is 12.3. The van der Waals surface area contributed by atoms with Gasteiger partial charge in [0, 0.05) is 31.5 Å². The van der Waals surface area contributed by atoms with Gasteiger partial charge in [-0.05, 0) is 76.4 Å². The molecular formula is C41H45N5O3. The lowest BCUT2D eigenvalue weighted by Gasteiger charge is -2.28. The van der Waals surface area contributed by atoms with Crippen LogP contribution < -0.4 is 17.2 Å². The standard InChI is InChI=1S/C41H45N5O3/c42-38(18-9-23-45-41(43)44)39(48)25-30(24-29-10-2-1-3-11-29)27-46(40(49)35-20-19-31-12-4-5-14-34(31)26-35)28-36(47)22-21-33-16-8-15-32-13-6-7-17-37(32)33/h1-8,10-17,19-20,26,30,38H,9,18,21-25,27-28,42H2,(H4,43,44,45)/t30-,38+/m1/s1. The molecule has 0 aromatic heterocycles. The van der Waals surface area contributed by atoms with Crippen LogP contribution >= 0.6 is 0 Å². The van der Waals surface area contributed by atoms with Gasteiger partial charge in [0.2, 0.25) is 0 Å². The zero-order chi connectivity index (χ0) is 34.6. The number of hydrogen-bond donors (Lipinski definition) is 3. The number of nitrogens with two attached hydrogens (primary N) is 3. The highest BCUT2D eigenvalue weighted by molar-refractivity contribution is 6.00. The minimum absolute atomic E-state index is 0.00524. The van der Waals surface area contributed by atoms with E-state index in [0.29, 0.717) is 44.2 Å². The second-order valence-electron chi connectivity index (χ2n) is 12.7. The monoisotopic (exact) mass is 655 g/mol. The van der Waals surface area contributed by atoms with E-state index in [1.807, 2.05) is 91.0 Å². The fraction of sp³-hybridized carbons (Fsp3) is 0.268. The van der Waals surface area contributed by atoms with Crippen molar-refractivity contribution in [1.82, 2.24) is 4.90 Å². The summed E-state index contributed by atoms with van der Waals surface area (Å²) in [5.41, 5.74) is 19.8. The fourth-order valence-corrected chi connectivity index (χ4v) is 6.38. The fourth-order valence-electron chi connectivity index (χ4n) is 6.38. The van der Waals surface area contributed by atoms with Crippen molar-refractivity contribution in [3.63, 3.8) is 0 Å². The van der Waals surface area contributed by atoms with Crippen molar-refractivity contribution >= 4 is 45.0 Å². The molecule has 5 aromatic carbocycles. The van der Waals surface area contributed by atoms with Crippen LogP contribution in [0.1, 0.15) is 47.2 Å². The summed E-state index contributed by atoms with van der Waals surface area (Å²) in [5, 5.41) is 4.22. The van der Waals surface area contributed by atoms with E-state index < -0.39 is 6.04 Å². The van der Waals surface area contributed by atoms with Gasteiger partial charge in [-0.15, -0.1) is 0 Å². The summed E-state index contributed by atoms with van der Waals surface area (Å²) < 4.78 is 0. The number of carbonyl (C=O) groups excluding carboxylic acids is 3. The molecule has 8 heteroatoms. The highest BCUT2D eigenvalue weighted by Crippen LogP contribution is 2.23. The molecule has 252 valence electrons. The number of Topliss-reactive ketones (excluding diaryl/α,β-unsaturated/α-hetero) is 2. The summed E-state index contributed by atoms with van der Waals surface area (Å²) >= 11 is 0. The van der Waals surface area contributed by atoms with Crippen molar-refractivity contribution in [3.05, 3.63) is 132 Å². The molecule has 1 amide bonds. The molecule has 0 spiro atoms. The SMILES string of the molecule is NC(N)=NCCC[C@H](N)C(=O)C[C@@H](Cc1ccccc1)CN(CC(=O)CCc1cccc2ccccc12)C(=O)c1ccc2ccccc2c1. The molecule has 0 saturated carbocycles. The third-order valence-electron chi connectivity index (χ3n) is 8.92. The van der Waals surface area contributed by atoms with Crippen molar-refractivity contribution in [1.29, 1.82) is 0 Å². The lowest BCUT2D eigenvalue weighted by atomic mass is 9.90. The molecule has 8 nitrogen and oxygen atoms in total. The second-order valence-corrected chi connectivity index (χ2v) is 12.7. The Hall–Kier alpha value is -5.34. The molecule has 0 radical (unpaired) electrons. The summed E-state index contributed by atoms with van der Waals surface area (Å²) in [5.74, 6) is -0.620. The number of aryl methyl sites for hydroxylation is 1. The number of aliphatic imine (C=N–C) groups is 1. The number of nitrogens with zero attached hydrogens (tertiary/aromatic N) is 2. The molecule has 5 rings (SSSR count). The van der Waals surface area contributed by atoms with E-state index in [1.165, 1.54) is 0 Å². The Kier molecular flexibility index (Phi) is 12.3. The molecule has 0 unspecified atom stereocenters. The molecule has 49 heavy (non-hydrogen) atoms. The van der Waals surface area contributed by atoms with Gasteiger partial charge in [0.1, 0.15) is 5.78 Å². The molecule has 6 N–H and O–H groups in total. The van der Waals surface area contributed by atoms with E-state index >= 15 is 0 Å². The van der Waals surface area contributed by atoms with Crippen molar-refractivity contribution < 1.29 is 14.4 Å². The van der Waals surface area contributed by atoms with Gasteiger partial charge in [0.25, 0.3) is 5.91 Å². The Morgan fingerprint density at radius 2 is 1.45 bits per heavy atom. The van der Waals surface area contributed by atoms with Gasteiger partial charge >= 0.3 is 0 Å². The van der Waals surface area contributed by atoms with Crippen LogP contribution in [0, 0.1) is 5.92 Å². The molecule has 0 aliphatic carbocycles. The van der Waals surface area contributed by atoms with Gasteiger partial charge in [0.05, 0.1) is 12.6 Å². The molecule has 0 heterocycles. The van der Waals surface area contributed by atoms with E-state index in [2.05, 4.69) is 29.3 Å². The first-order valence-corrected chi connectivity index (χ1v) is 16.9. The van der Waals surface area contributed by atoms with Gasteiger partial charge in [-0.3, -0.25) is 19.4 Å². The first-order chi connectivity index (χ1) is 23.8. The Bertz CT molecular complexity index is 1910. The number of hydrogen-bond acceptors (Lipinski definition) is 5. The Morgan fingerprint density at radius 1 is 0.755 bits per heavy atom. The Labute approximate surface area is 288 Å². The molecule has 0 saturated heterocycles. The zero-order valence-corrected chi connectivity index (χ0v) is 27.8. The number of fused-ring (bicyclic) bond motifs is 2. The number of guanidine groups is 1. The van der Waals surface area contributed by atoms with Crippen LogP contribution in [0.4, 0.5) is 0 Å². The molecular weight excluding hydrogens is 610 g/mol. The molecule has 0 aliphatic rings. The third kappa shape index (κ3) is 10.1.